The van der Waals surface area contributed by atoms with Crippen LogP contribution in [0.2, 0.25) is 0 Å². The van der Waals surface area contributed by atoms with Crippen molar-refractivity contribution >= 4 is 11.6 Å². The van der Waals surface area contributed by atoms with Crippen LogP contribution in [0.4, 0.5) is 11.6 Å². The molecule has 4 nitrogen and oxygen atoms in total. The van der Waals surface area contributed by atoms with E-state index < -0.39 is 0 Å². The quantitative estimate of drug-likeness (QED) is 0.825. The summed E-state index contributed by atoms with van der Waals surface area (Å²) < 4.78 is 0. The Morgan fingerprint density at radius 1 is 1.24 bits per heavy atom. The molecule has 0 aliphatic rings. The van der Waals surface area contributed by atoms with Crippen LogP contribution in [-0.4, -0.2) is 22.6 Å². The Morgan fingerprint density at radius 3 is 2.35 bits per heavy atom. The maximum absolute atomic E-state index is 5.73. The number of nitrogen functional groups attached to an aromatic ring is 1. The molecule has 1 heterocycles. The highest BCUT2D eigenvalue weighted by molar-refractivity contribution is 5.46. The van der Waals surface area contributed by atoms with E-state index in [-0.39, 0.29) is 0 Å². The molecule has 17 heavy (non-hydrogen) atoms. The molecule has 0 amide bonds. The van der Waals surface area contributed by atoms with Crippen LogP contribution in [0.3, 0.4) is 0 Å². The first-order valence-electron chi connectivity index (χ1n) is 6.42. The summed E-state index contributed by atoms with van der Waals surface area (Å²) in [6, 6.07) is 2.38. The van der Waals surface area contributed by atoms with E-state index in [2.05, 4.69) is 42.6 Å². The number of rotatable bonds is 6. The van der Waals surface area contributed by atoms with Gasteiger partial charge in [0.25, 0.3) is 0 Å². The van der Waals surface area contributed by atoms with Crippen LogP contribution in [0.1, 0.15) is 40.5 Å². The molecule has 0 aliphatic carbocycles. The van der Waals surface area contributed by atoms with Gasteiger partial charge in [0, 0.05) is 18.7 Å². The lowest BCUT2D eigenvalue weighted by Gasteiger charge is -2.33. The number of nitrogens with two attached hydrogens (primary N) is 1. The van der Waals surface area contributed by atoms with E-state index in [0.717, 1.165) is 25.2 Å². The molecule has 2 N–H and O–H groups in total. The van der Waals surface area contributed by atoms with Crippen molar-refractivity contribution in [1.29, 1.82) is 0 Å². The highest BCUT2D eigenvalue weighted by atomic mass is 15.2. The van der Waals surface area contributed by atoms with Crippen LogP contribution in [0.25, 0.3) is 0 Å². The average molecular weight is 236 g/mol. The van der Waals surface area contributed by atoms with Gasteiger partial charge in [-0.2, -0.15) is 0 Å². The van der Waals surface area contributed by atoms with Crippen LogP contribution in [0.5, 0.6) is 0 Å². The minimum Gasteiger partial charge on any atom is -0.384 e. The highest BCUT2D eigenvalue weighted by Gasteiger charge is 2.18. The van der Waals surface area contributed by atoms with Crippen molar-refractivity contribution in [1.82, 2.24) is 9.97 Å². The van der Waals surface area contributed by atoms with E-state index >= 15 is 0 Å². The third-order valence-corrected chi connectivity index (χ3v) is 2.91. The number of hydrogen-bond acceptors (Lipinski definition) is 4. The van der Waals surface area contributed by atoms with Gasteiger partial charge in [-0.1, -0.05) is 27.7 Å². The summed E-state index contributed by atoms with van der Waals surface area (Å²) in [7, 11) is 0. The Hall–Kier alpha value is -1.32. The van der Waals surface area contributed by atoms with Gasteiger partial charge in [0.05, 0.1) is 0 Å². The molecule has 0 fully saturated rings. The molecule has 96 valence electrons. The Kier molecular flexibility index (Phi) is 5.19. The first-order valence-corrected chi connectivity index (χ1v) is 6.42. The van der Waals surface area contributed by atoms with Gasteiger partial charge < -0.3 is 10.6 Å². The lowest BCUT2D eigenvalue weighted by atomic mass is 10.1. The standard InChI is InChI=1S/C13H24N4/c1-5-11(6-2)17(8-10(3)4)13-7-12(14)15-9-16-13/h7,9-11H,5-6,8H2,1-4H3,(H2,14,15,16). The van der Waals surface area contributed by atoms with Gasteiger partial charge in [0.15, 0.2) is 0 Å². The average Bonchev–Trinajstić information content (AvgIpc) is 2.29. The summed E-state index contributed by atoms with van der Waals surface area (Å²) in [5.74, 6) is 2.08. The molecule has 0 spiro atoms. The molecule has 0 bridgehead atoms. The second-order valence-electron chi connectivity index (χ2n) is 4.82. The third-order valence-electron chi connectivity index (χ3n) is 2.91. The molecule has 0 unspecified atom stereocenters. The molecule has 0 radical (unpaired) electrons. The Bertz CT molecular complexity index is 334. The van der Waals surface area contributed by atoms with Gasteiger partial charge in [-0.05, 0) is 18.8 Å². The van der Waals surface area contributed by atoms with Crippen molar-refractivity contribution in [3.8, 4) is 0 Å². The van der Waals surface area contributed by atoms with Crippen LogP contribution >= 0.6 is 0 Å². The lowest BCUT2D eigenvalue weighted by Crippen LogP contribution is -2.38. The largest absolute Gasteiger partial charge is 0.384 e. The zero-order valence-corrected chi connectivity index (χ0v) is 11.3. The van der Waals surface area contributed by atoms with E-state index in [4.69, 9.17) is 5.73 Å². The number of nitrogens with zero attached hydrogens (tertiary/aromatic N) is 3. The van der Waals surface area contributed by atoms with E-state index in [9.17, 15) is 0 Å². The molecule has 0 aromatic carbocycles. The van der Waals surface area contributed by atoms with Gasteiger partial charge in [0.1, 0.15) is 18.0 Å². The molecule has 0 atom stereocenters. The van der Waals surface area contributed by atoms with Crippen LogP contribution in [-0.2, 0) is 0 Å². The minimum absolute atomic E-state index is 0.520. The predicted molar refractivity (Wildman–Crippen MR) is 73.0 cm³/mol. The second kappa shape index (κ2) is 6.42. The Balaban J connectivity index is 2.96. The molecule has 1 aromatic heterocycles. The molecule has 4 heteroatoms. The maximum Gasteiger partial charge on any atom is 0.134 e. The zero-order chi connectivity index (χ0) is 12.8. The molecular weight excluding hydrogens is 212 g/mol. The summed E-state index contributed by atoms with van der Waals surface area (Å²) in [5.41, 5.74) is 5.73. The number of anilines is 2. The Labute approximate surface area is 104 Å². The summed E-state index contributed by atoms with van der Waals surface area (Å²) in [6.45, 7) is 9.88. The maximum atomic E-state index is 5.73. The van der Waals surface area contributed by atoms with Crippen molar-refractivity contribution in [3.05, 3.63) is 12.4 Å². The van der Waals surface area contributed by atoms with Gasteiger partial charge in [-0.15, -0.1) is 0 Å². The van der Waals surface area contributed by atoms with Crippen molar-refractivity contribution in [2.45, 2.75) is 46.6 Å². The van der Waals surface area contributed by atoms with E-state index in [1.165, 1.54) is 0 Å². The first kappa shape index (κ1) is 13.7. The van der Waals surface area contributed by atoms with Gasteiger partial charge in [-0.3, -0.25) is 0 Å². The summed E-state index contributed by atoms with van der Waals surface area (Å²) >= 11 is 0. The normalized spacial score (nSPS) is 11.2. The molecule has 1 aromatic rings. The molecule has 0 aliphatic heterocycles. The monoisotopic (exact) mass is 236 g/mol. The summed E-state index contributed by atoms with van der Waals surface area (Å²) in [4.78, 5) is 10.6. The molecule has 0 saturated carbocycles. The minimum atomic E-state index is 0.520. The fourth-order valence-electron chi connectivity index (χ4n) is 2.07. The SMILES string of the molecule is CCC(CC)N(CC(C)C)c1cc(N)ncn1. The van der Waals surface area contributed by atoms with Crippen molar-refractivity contribution in [2.75, 3.05) is 17.2 Å². The van der Waals surface area contributed by atoms with Crippen molar-refractivity contribution in [2.24, 2.45) is 5.92 Å². The fourth-order valence-corrected chi connectivity index (χ4v) is 2.07. The topological polar surface area (TPSA) is 55.0 Å². The third kappa shape index (κ3) is 3.88. The lowest BCUT2D eigenvalue weighted by molar-refractivity contribution is 0.503. The smallest absolute Gasteiger partial charge is 0.134 e. The first-order chi connectivity index (χ1) is 8.08. The zero-order valence-electron chi connectivity index (χ0n) is 11.3. The van der Waals surface area contributed by atoms with Crippen LogP contribution in [0.15, 0.2) is 12.4 Å². The second-order valence-corrected chi connectivity index (χ2v) is 4.82. The number of hydrogen-bond donors (Lipinski definition) is 1. The fraction of sp³-hybridized carbons (Fsp3) is 0.692. The van der Waals surface area contributed by atoms with E-state index in [1.807, 2.05) is 6.07 Å². The van der Waals surface area contributed by atoms with Crippen molar-refractivity contribution < 1.29 is 0 Å². The van der Waals surface area contributed by atoms with Gasteiger partial charge >= 0.3 is 0 Å². The Morgan fingerprint density at radius 2 is 1.88 bits per heavy atom. The predicted octanol–water partition coefficient (Wildman–Crippen LogP) is 2.71. The molecule has 0 saturated heterocycles. The van der Waals surface area contributed by atoms with Gasteiger partial charge in [0.2, 0.25) is 0 Å². The van der Waals surface area contributed by atoms with Crippen molar-refractivity contribution in [3.63, 3.8) is 0 Å². The summed E-state index contributed by atoms with van der Waals surface area (Å²) in [6.07, 6.45) is 3.78. The van der Waals surface area contributed by atoms with E-state index in [0.29, 0.717) is 17.8 Å². The van der Waals surface area contributed by atoms with Gasteiger partial charge in [-0.25, -0.2) is 9.97 Å². The van der Waals surface area contributed by atoms with E-state index in [1.54, 1.807) is 6.33 Å². The molecular formula is C13H24N4. The summed E-state index contributed by atoms with van der Waals surface area (Å²) in [5, 5.41) is 0. The molecule has 1 rings (SSSR count). The van der Waals surface area contributed by atoms with Crippen LogP contribution < -0.4 is 10.6 Å². The highest BCUT2D eigenvalue weighted by Crippen LogP contribution is 2.20. The van der Waals surface area contributed by atoms with Crippen LogP contribution in [0, 0.1) is 5.92 Å². The number of aromatic nitrogens is 2.